The molecule has 0 aliphatic heterocycles. The van der Waals surface area contributed by atoms with Gasteiger partial charge in [-0.1, -0.05) is 30.4 Å². The van der Waals surface area contributed by atoms with Gasteiger partial charge in [0.05, 0.1) is 8.07 Å². The minimum Gasteiger partial charge on any atom is -0.0815 e. The summed E-state index contributed by atoms with van der Waals surface area (Å²) >= 11 is 0. The molecule has 0 nitrogen and oxygen atoms in total. The molecule has 1 atom stereocenters. The van der Waals surface area contributed by atoms with Crippen molar-refractivity contribution in [1.82, 2.24) is 0 Å². The van der Waals surface area contributed by atoms with Crippen molar-refractivity contribution in [2.75, 3.05) is 0 Å². The highest BCUT2D eigenvalue weighted by Crippen LogP contribution is 2.46. The van der Waals surface area contributed by atoms with Gasteiger partial charge in [0.2, 0.25) is 0 Å². The molecule has 0 aromatic carbocycles. The van der Waals surface area contributed by atoms with Crippen molar-refractivity contribution < 1.29 is 0 Å². The van der Waals surface area contributed by atoms with Crippen LogP contribution < -0.4 is 0 Å². The summed E-state index contributed by atoms with van der Waals surface area (Å²) < 4.78 is 0. The van der Waals surface area contributed by atoms with Crippen LogP contribution in [0.4, 0.5) is 0 Å². The Kier molecular flexibility index (Phi) is 1.54. The summed E-state index contributed by atoms with van der Waals surface area (Å²) in [5.41, 5.74) is 1.87. The molecule has 0 amide bonds. The molecule has 2 rings (SSSR count). The Morgan fingerprint density at radius 3 is 2.18 bits per heavy atom. The Hall–Kier alpha value is -0.0431. The molecular weight excluding hydrogens is 148 g/mol. The Bertz CT molecular complexity index is 207. The monoisotopic (exact) mass is 166 g/mol. The summed E-state index contributed by atoms with van der Waals surface area (Å²) in [5, 5.41) is 1.92. The molecule has 62 valence electrons. The molecule has 0 spiro atoms. The van der Waals surface area contributed by atoms with E-state index in [1.807, 2.05) is 10.8 Å². The number of allylic oxidation sites excluding steroid dienone is 2. The van der Waals surface area contributed by atoms with Crippen LogP contribution in [0.25, 0.3) is 0 Å². The zero-order valence-electron chi connectivity index (χ0n) is 7.91. The van der Waals surface area contributed by atoms with Crippen LogP contribution in [0.1, 0.15) is 25.7 Å². The Morgan fingerprint density at radius 2 is 1.91 bits per heavy atom. The van der Waals surface area contributed by atoms with Gasteiger partial charge in [0, 0.05) is 0 Å². The highest BCUT2D eigenvalue weighted by atomic mass is 28.3. The average Bonchev–Trinajstić information content (AvgIpc) is 2.42. The third-order valence-corrected chi connectivity index (χ3v) is 5.58. The molecule has 0 aromatic heterocycles. The summed E-state index contributed by atoms with van der Waals surface area (Å²) in [6, 6.07) is 0. The first-order valence-corrected chi connectivity index (χ1v) is 8.29. The van der Waals surface area contributed by atoms with E-state index in [2.05, 4.69) is 19.6 Å². The van der Waals surface area contributed by atoms with E-state index in [1.54, 1.807) is 0 Å². The van der Waals surface area contributed by atoms with E-state index < -0.39 is 8.07 Å². The minimum atomic E-state index is -0.898. The van der Waals surface area contributed by atoms with Crippen molar-refractivity contribution >= 4 is 8.07 Å². The molecule has 1 saturated carbocycles. The second-order valence-electron chi connectivity index (χ2n) is 5.15. The number of hydrogen-bond donors (Lipinski definition) is 0. The van der Waals surface area contributed by atoms with Crippen molar-refractivity contribution in [3.8, 4) is 0 Å². The Morgan fingerprint density at radius 1 is 1.18 bits per heavy atom. The third kappa shape index (κ3) is 1.20. The minimum absolute atomic E-state index is 0.898. The van der Waals surface area contributed by atoms with Crippen LogP contribution in [-0.4, -0.2) is 8.07 Å². The normalized spacial score (nSPS) is 30.3. The first-order valence-electron chi connectivity index (χ1n) is 4.79. The van der Waals surface area contributed by atoms with Gasteiger partial charge in [-0.2, -0.15) is 0 Å². The second kappa shape index (κ2) is 2.22. The lowest BCUT2D eigenvalue weighted by Crippen LogP contribution is -2.25. The van der Waals surface area contributed by atoms with Gasteiger partial charge in [-0.15, -0.1) is 0 Å². The Labute approximate surface area is 70.7 Å². The van der Waals surface area contributed by atoms with E-state index >= 15 is 0 Å². The fourth-order valence-electron chi connectivity index (χ4n) is 2.65. The summed E-state index contributed by atoms with van der Waals surface area (Å²) in [6.45, 7) is 7.49. The molecule has 0 saturated heterocycles. The molecule has 2 aliphatic carbocycles. The van der Waals surface area contributed by atoms with Gasteiger partial charge in [0.1, 0.15) is 0 Å². The zero-order chi connectivity index (χ0) is 8.06. The zero-order valence-corrected chi connectivity index (χ0v) is 8.91. The lowest BCUT2D eigenvalue weighted by Gasteiger charge is -2.23. The number of fused-ring (bicyclic) bond motifs is 2. The van der Waals surface area contributed by atoms with Gasteiger partial charge in [-0.25, -0.2) is 0 Å². The quantitative estimate of drug-likeness (QED) is 0.524. The van der Waals surface area contributed by atoms with E-state index in [4.69, 9.17) is 0 Å². The van der Waals surface area contributed by atoms with Gasteiger partial charge in [0.25, 0.3) is 0 Å². The lowest BCUT2D eigenvalue weighted by atomic mass is 10.1. The van der Waals surface area contributed by atoms with Gasteiger partial charge in [-0.3, -0.25) is 0 Å². The first-order chi connectivity index (χ1) is 5.07. The topological polar surface area (TPSA) is 0 Å². The molecule has 0 N–H and O–H groups in total. The molecule has 11 heavy (non-hydrogen) atoms. The smallest absolute Gasteiger partial charge is 0.0723 e. The Balaban J connectivity index is 2.28. The summed E-state index contributed by atoms with van der Waals surface area (Å²) in [6.07, 6.45) is 5.90. The molecule has 2 aliphatic rings. The van der Waals surface area contributed by atoms with Crippen molar-refractivity contribution in [2.24, 2.45) is 5.92 Å². The molecule has 2 bridgehead atoms. The van der Waals surface area contributed by atoms with Crippen molar-refractivity contribution in [3.63, 3.8) is 0 Å². The molecule has 0 heterocycles. The van der Waals surface area contributed by atoms with E-state index in [0.29, 0.717) is 0 Å². The molecule has 0 radical (unpaired) electrons. The van der Waals surface area contributed by atoms with Crippen LogP contribution in [0.2, 0.25) is 19.6 Å². The van der Waals surface area contributed by atoms with E-state index in [9.17, 15) is 0 Å². The summed E-state index contributed by atoms with van der Waals surface area (Å²) in [4.78, 5) is 0. The highest BCUT2D eigenvalue weighted by molar-refractivity contribution is 6.83. The third-order valence-electron chi connectivity index (χ3n) is 3.21. The van der Waals surface area contributed by atoms with Crippen molar-refractivity contribution in [2.45, 2.75) is 45.3 Å². The standard InChI is InChI=1S/C10H18Si/c1-11(2,3)10-7-8-4-5-9(10)6-8/h8H,4-7H2,1-3H3. The van der Waals surface area contributed by atoms with E-state index in [0.717, 1.165) is 5.92 Å². The van der Waals surface area contributed by atoms with Crippen LogP contribution in [0.3, 0.4) is 0 Å². The van der Waals surface area contributed by atoms with Crippen LogP contribution in [0.15, 0.2) is 10.8 Å². The van der Waals surface area contributed by atoms with Gasteiger partial charge in [0.15, 0.2) is 0 Å². The van der Waals surface area contributed by atoms with Crippen LogP contribution in [0, 0.1) is 5.92 Å². The van der Waals surface area contributed by atoms with Crippen LogP contribution in [-0.2, 0) is 0 Å². The van der Waals surface area contributed by atoms with Crippen LogP contribution in [0.5, 0.6) is 0 Å². The van der Waals surface area contributed by atoms with Gasteiger partial charge >= 0.3 is 0 Å². The molecule has 1 fully saturated rings. The summed E-state index contributed by atoms with van der Waals surface area (Å²) in [7, 11) is -0.898. The van der Waals surface area contributed by atoms with Crippen molar-refractivity contribution in [3.05, 3.63) is 10.8 Å². The highest BCUT2D eigenvalue weighted by Gasteiger charge is 2.35. The molecule has 1 unspecified atom stereocenters. The van der Waals surface area contributed by atoms with Crippen LogP contribution >= 0.6 is 0 Å². The largest absolute Gasteiger partial charge is 0.0815 e. The van der Waals surface area contributed by atoms with E-state index in [1.165, 1.54) is 25.7 Å². The fraction of sp³-hybridized carbons (Fsp3) is 0.800. The maximum absolute atomic E-state index is 2.50. The maximum atomic E-state index is 2.50. The molecule has 0 aromatic rings. The van der Waals surface area contributed by atoms with Gasteiger partial charge < -0.3 is 0 Å². The molecular formula is C10H18Si. The first kappa shape index (κ1) is 7.60. The predicted octanol–water partition coefficient (Wildman–Crippen LogP) is 3.36. The van der Waals surface area contributed by atoms with Crippen molar-refractivity contribution in [1.29, 1.82) is 0 Å². The van der Waals surface area contributed by atoms with Gasteiger partial charge in [-0.05, 0) is 31.6 Å². The second-order valence-corrected chi connectivity index (χ2v) is 10.2. The average molecular weight is 166 g/mol. The maximum Gasteiger partial charge on any atom is 0.0723 e. The predicted molar refractivity (Wildman–Crippen MR) is 52.3 cm³/mol. The number of rotatable bonds is 1. The number of hydrogen-bond acceptors (Lipinski definition) is 0. The summed E-state index contributed by atoms with van der Waals surface area (Å²) in [5.74, 6) is 1.08. The van der Waals surface area contributed by atoms with E-state index in [-0.39, 0.29) is 0 Å². The SMILES string of the molecule is C[Si](C)(C)C1=C2CCC(C2)C1. The molecule has 1 heteroatoms. The fourth-order valence-corrected chi connectivity index (χ4v) is 4.84. The lowest BCUT2D eigenvalue weighted by molar-refractivity contribution is 0.570.